The minimum absolute atomic E-state index is 0.0742. The van der Waals surface area contributed by atoms with E-state index in [0.29, 0.717) is 19.4 Å². The molecule has 0 aromatic heterocycles. The Bertz CT molecular complexity index is 550. The zero-order valence-corrected chi connectivity index (χ0v) is 11.2. The van der Waals surface area contributed by atoms with E-state index in [9.17, 15) is 10.2 Å². The lowest BCUT2D eigenvalue weighted by Crippen LogP contribution is -2.35. The molecule has 1 aliphatic heterocycles. The highest BCUT2D eigenvalue weighted by Crippen LogP contribution is 2.41. The van der Waals surface area contributed by atoms with Crippen LogP contribution in [0.1, 0.15) is 24.5 Å². The number of rotatable bonds is 2. The Morgan fingerprint density at radius 3 is 2.70 bits per heavy atom. The first-order chi connectivity index (χ1) is 9.70. The summed E-state index contributed by atoms with van der Waals surface area (Å²) < 4.78 is 6.05. The van der Waals surface area contributed by atoms with Crippen molar-refractivity contribution in [2.45, 2.75) is 31.2 Å². The van der Waals surface area contributed by atoms with E-state index in [2.05, 4.69) is 0 Å². The maximum Gasteiger partial charge on any atom is 0.125 e. The van der Waals surface area contributed by atoms with Crippen molar-refractivity contribution in [3.8, 4) is 0 Å². The second-order valence-electron chi connectivity index (χ2n) is 5.24. The molecule has 1 heterocycles. The van der Waals surface area contributed by atoms with E-state index in [0.717, 1.165) is 16.7 Å². The number of hydrogen-bond acceptors (Lipinski definition) is 4. The Hall–Kier alpha value is -1.62. The normalized spacial score (nSPS) is 29.9. The number of fused-ring (bicyclic) bond motifs is 1. The zero-order valence-electron chi connectivity index (χ0n) is 11.2. The number of nitrogens with two attached hydrogens (primary N) is 1. The Morgan fingerprint density at radius 2 is 2.00 bits per heavy atom. The van der Waals surface area contributed by atoms with Crippen LogP contribution in [0.4, 0.5) is 0 Å². The van der Waals surface area contributed by atoms with Gasteiger partial charge in [-0.25, -0.2) is 0 Å². The van der Waals surface area contributed by atoms with Crippen LogP contribution in [0.15, 0.2) is 53.3 Å². The van der Waals surface area contributed by atoms with E-state index in [1.165, 1.54) is 0 Å². The summed E-state index contributed by atoms with van der Waals surface area (Å²) in [5.41, 5.74) is 8.58. The smallest absolute Gasteiger partial charge is 0.125 e. The average molecular weight is 273 g/mol. The molecule has 3 unspecified atom stereocenters. The molecule has 106 valence electrons. The first kappa shape index (κ1) is 13.4. The molecule has 1 aromatic rings. The third-order valence-corrected chi connectivity index (χ3v) is 3.98. The molecule has 0 bridgehead atoms. The van der Waals surface area contributed by atoms with E-state index < -0.39 is 6.10 Å². The third kappa shape index (κ3) is 2.26. The van der Waals surface area contributed by atoms with Gasteiger partial charge in [0, 0.05) is 18.5 Å². The predicted molar refractivity (Wildman–Crippen MR) is 76.1 cm³/mol. The molecule has 1 aliphatic carbocycles. The topological polar surface area (TPSA) is 75.7 Å². The molecule has 20 heavy (non-hydrogen) atoms. The van der Waals surface area contributed by atoms with Gasteiger partial charge >= 0.3 is 0 Å². The molecule has 4 heteroatoms. The summed E-state index contributed by atoms with van der Waals surface area (Å²) >= 11 is 0. The molecular formula is C16H19NO3. The second-order valence-corrected chi connectivity index (χ2v) is 5.24. The number of aliphatic hydroxyl groups is 2. The van der Waals surface area contributed by atoms with Crippen molar-refractivity contribution >= 4 is 0 Å². The molecular weight excluding hydrogens is 254 g/mol. The first-order valence-electron chi connectivity index (χ1n) is 6.91. The predicted octanol–water partition coefficient (Wildman–Crippen LogP) is 1.98. The monoisotopic (exact) mass is 273 g/mol. The molecule has 4 nitrogen and oxygen atoms in total. The van der Waals surface area contributed by atoms with Gasteiger partial charge in [-0.2, -0.15) is 0 Å². The van der Waals surface area contributed by atoms with E-state index >= 15 is 0 Å². The van der Waals surface area contributed by atoms with Crippen LogP contribution in [-0.2, 0) is 4.74 Å². The number of hydrogen-bond donors (Lipinski definition) is 3. The largest absolute Gasteiger partial charge is 0.509 e. The van der Waals surface area contributed by atoms with Crippen LogP contribution in [-0.4, -0.2) is 29.0 Å². The van der Waals surface area contributed by atoms with Gasteiger partial charge < -0.3 is 20.7 Å². The van der Waals surface area contributed by atoms with Crippen LogP contribution >= 0.6 is 0 Å². The Labute approximate surface area is 118 Å². The van der Waals surface area contributed by atoms with E-state index in [1.54, 1.807) is 0 Å². The Kier molecular flexibility index (Phi) is 3.61. The van der Waals surface area contributed by atoms with Gasteiger partial charge in [0.25, 0.3) is 0 Å². The van der Waals surface area contributed by atoms with Crippen molar-refractivity contribution in [2.24, 2.45) is 5.73 Å². The highest BCUT2D eigenvalue weighted by molar-refractivity contribution is 5.43. The summed E-state index contributed by atoms with van der Waals surface area (Å²) in [5.74, 6) is 0.0742. The fraction of sp³-hybridized carbons (Fsp3) is 0.375. The summed E-state index contributed by atoms with van der Waals surface area (Å²) in [6.07, 6.45) is 1.75. The van der Waals surface area contributed by atoms with E-state index in [4.69, 9.17) is 10.5 Å². The van der Waals surface area contributed by atoms with Crippen LogP contribution in [0.5, 0.6) is 0 Å². The molecule has 0 saturated carbocycles. The molecule has 0 radical (unpaired) electrons. The van der Waals surface area contributed by atoms with E-state index in [1.807, 2.05) is 36.4 Å². The quantitative estimate of drug-likeness (QED) is 0.770. The van der Waals surface area contributed by atoms with Crippen molar-refractivity contribution < 1.29 is 14.9 Å². The summed E-state index contributed by atoms with van der Waals surface area (Å²) in [6, 6.07) is 9.89. The van der Waals surface area contributed by atoms with Gasteiger partial charge in [0.1, 0.15) is 11.9 Å². The van der Waals surface area contributed by atoms with Gasteiger partial charge in [-0.05, 0) is 17.6 Å². The lowest BCUT2D eigenvalue weighted by molar-refractivity contribution is -0.00627. The summed E-state index contributed by atoms with van der Waals surface area (Å²) in [6.45, 7) is 0.363. The summed E-state index contributed by atoms with van der Waals surface area (Å²) in [5, 5.41) is 20.0. The second kappa shape index (κ2) is 5.40. The van der Waals surface area contributed by atoms with Crippen molar-refractivity contribution in [1.82, 2.24) is 0 Å². The zero-order chi connectivity index (χ0) is 14.1. The summed E-state index contributed by atoms with van der Waals surface area (Å²) in [7, 11) is 0. The lowest BCUT2D eigenvalue weighted by atomic mass is 9.83. The Balaban J connectivity index is 1.96. The van der Waals surface area contributed by atoms with E-state index in [-0.39, 0.29) is 18.0 Å². The van der Waals surface area contributed by atoms with Gasteiger partial charge in [0.05, 0.1) is 12.2 Å². The number of benzene rings is 1. The molecule has 4 N–H and O–H groups in total. The van der Waals surface area contributed by atoms with Crippen LogP contribution in [0.3, 0.4) is 0 Å². The molecule has 1 fully saturated rings. The van der Waals surface area contributed by atoms with Crippen LogP contribution < -0.4 is 5.73 Å². The number of ether oxygens (including phenoxy) is 1. The van der Waals surface area contributed by atoms with Crippen LogP contribution in [0.25, 0.3) is 0 Å². The van der Waals surface area contributed by atoms with Crippen molar-refractivity contribution in [3.63, 3.8) is 0 Å². The fourth-order valence-corrected chi connectivity index (χ4v) is 2.92. The first-order valence-corrected chi connectivity index (χ1v) is 6.91. The fourth-order valence-electron chi connectivity index (χ4n) is 2.92. The maximum absolute atomic E-state index is 10.1. The molecule has 2 aliphatic rings. The van der Waals surface area contributed by atoms with Crippen molar-refractivity contribution in [1.29, 1.82) is 0 Å². The molecule has 3 rings (SSSR count). The lowest BCUT2D eigenvalue weighted by Gasteiger charge is -2.36. The van der Waals surface area contributed by atoms with Gasteiger partial charge in [-0.1, -0.05) is 36.4 Å². The minimum atomic E-state index is -0.804. The highest BCUT2D eigenvalue weighted by atomic mass is 16.5. The number of aliphatic hydroxyl groups excluding tert-OH is 2. The van der Waals surface area contributed by atoms with Gasteiger partial charge in [-0.3, -0.25) is 0 Å². The third-order valence-electron chi connectivity index (χ3n) is 3.98. The average Bonchev–Trinajstić information content (AvgIpc) is 2.51. The van der Waals surface area contributed by atoms with Crippen LogP contribution in [0, 0.1) is 0 Å². The maximum atomic E-state index is 10.1. The molecule has 0 spiro atoms. The molecule has 0 amide bonds. The van der Waals surface area contributed by atoms with Crippen molar-refractivity contribution in [3.05, 3.63) is 58.9 Å². The highest BCUT2D eigenvalue weighted by Gasteiger charge is 2.35. The molecule has 1 aromatic carbocycles. The standard InChI is InChI=1S/C16H19NO3/c17-9-15-11-6-7-13(18)16(19)12(11)8-14(20-15)10-4-2-1-3-5-10/h1-6,13-15,18-19H,7-9,17H2. The van der Waals surface area contributed by atoms with Crippen molar-refractivity contribution in [2.75, 3.05) is 6.54 Å². The molecule has 1 saturated heterocycles. The van der Waals surface area contributed by atoms with Crippen LogP contribution in [0.2, 0.25) is 0 Å². The van der Waals surface area contributed by atoms with Gasteiger partial charge in [-0.15, -0.1) is 0 Å². The van der Waals surface area contributed by atoms with Gasteiger partial charge in [0.2, 0.25) is 0 Å². The van der Waals surface area contributed by atoms with Gasteiger partial charge in [0.15, 0.2) is 0 Å². The minimum Gasteiger partial charge on any atom is -0.509 e. The molecule has 3 atom stereocenters. The SMILES string of the molecule is NCC1OC(c2ccccc2)CC2=C(O)C(O)CC=C21. The Morgan fingerprint density at radius 1 is 1.25 bits per heavy atom. The summed E-state index contributed by atoms with van der Waals surface area (Å²) in [4.78, 5) is 0.